The highest BCUT2D eigenvalue weighted by atomic mass is 79.9. The third kappa shape index (κ3) is 3.24. The Kier molecular flexibility index (Phi) is 4.09. The van der Waals surface area contributed by atoms with Gasteiger partial charge in [0, 0.05) is 30.0 Å². The van der Waals surface area contributed by atoms with E-state index in [2.05, 4.69) is 32.1 Å². The summed E-state index contributed by atoms with van der Waals surface area (Å²) in [6.45, 7) is 2.15. The summed E-state index contributed by atoms with van der Waals surface area (Å²) in [5, 5.41) is 2.73. The molecule has 1 heterocycles. The van der Waals surface area contributed by atoms with Crippen molar-refractivity contribution in [3.63, 3.8) is 0 Å². The van der Waals surface area contributed by atoms with Gasteiger partial charge in [0.25, 0.3) is 5.91 Å². The average Bonchev–Trinajstić information content (AvgIpc) is 2.78. The van der Waals surface area contributed by atoms with Crippen LogP contribution in [0.5, 0.6) is 0 Å². The van der Waals surface area contributed by atoms with E-state index in [4.69, 9.17) is 0 Å². The van der Waals surface area contributed by atoms with Gasteiger partial charge in [0.2, 0.25) is 0 Å². The molecule has 17 heavy (non-hydrogen) atoms. The average molecular weight is 302 g/mol. The van der Waals surface area contributed by atoms with Crippen molar-refractivity contribution < 1.29 is 9.18 Å². The monoisotopic (exact) mass is 301 g/mol. The van der Waals surface area contributed by atoms with Gasteiger partial charge in [-0.2, -0.15) is 0 Å². The van der Waals surface area contributed by atoms with E-state index in [1.165, 1.54) is 12.1 Å². The quantitative estimate of drug-likeness (QED) is 0.782. The molecule has 0 radical (unpaired) electrons. The molecule has 0 atom stereocenters. The third-order valence-electron chi connectivity index (χ3n) is 2.63. The Morgan fingerprint density at radius 3 is 2.82 bits per heavy atom. The number of halogens is 2. The lowest BCUT2D eigenvalue weighted by atomic mass is 10.1. The normalized spacial score (nSPS) is 16.1. The number of hydrogen-bond donors (Lipinski definition) is 3. The van der Waals surface area contributed by atoms with E-state index in [1.54, 1.807) is 6.07 Å². The standard InChI is InChI=1S/C11H13BrFN3O/c12-8-1-2-9(10(13)3-8)11(17)14-4-7-5-15-16-6-7/h1-3,7,15-16H,4-6H2,(H,14,17). The van der Waals surface area contributed by atoms with Crippen LogP contribution in [0.2, 0.25) is 0 Å². The minimum absolute atomic E-state index is 0.0760. The molecular weight excluding hydrogens is 289 g/mol. The van der Waals surface area contributed by atoms with E-state index in [0.717, 1.165) is 13.1 Å². The second-order valence-electron chi connectivity index (χ2n) is 3.96. The van der Waals surface area contributed by atoms with Crippen molar-refractivity contribution in [3.8, 4) is 0 Å². The molecular formula is C11H13BrFN3O. The molecule has 1 aromatic rings. The Bertz CT molecular complexity index is 421. The SMILES string of the molecule is O=C(NCC1CNNC1)c1ccc(Br)cc1F. The summed E-state index contributed by atoms with van der Waals surface area (Å²) < 4.78 is 14.1. The summed E-state index contributed by atoms with van der Waals surface area (Å²) >= 11 is 3.15. The molecule has 6 heteroatoms. The number of rotatable bonds is 3. The lowest BCUT2D eigenvalue weighted by Crippen LogP contribution is -2.31. The number of hydrogen-bond acceptors (Lipinski definition) is 3. The third-order valence-corrected chi connectivity index (χ3v) is 3.13. The first kappa shape index (κ1) is 12.5. The van der Waals surface area contributed by atoms with Gasteiger partial charge in [0.05, 0.1) is 5.56 Å². The van der Waals surface area contributed by atoms with E-state index < -0.39 is 5.82 Å². The number of hydrazine groups is 1. The molecule has 0 unspecified atom stereocenters. The van der Waals surface area contributed by atoms with Gasteiger partial charge in [-0.3, -0.25) is 15.6 Å². The number of benzene rings is 1. The predicted molar refractivity (Wildman–Crippen MR) is 65.9 cm³/mol. The topological polar surface area (TPSA) is 53.2 Å². The first-order chi connectivity index (χ1) is 8.16. The van der Waals surface area contributed by atoms with Crippen LogP contribution in [0.3, 0.4) is 0 Å². The predicted octanol–water partition coefficient (Wildman–Crippen LogP) is 1.04. The van der Waals surface area contributed by atoms with Crippen molar-refractivity contribution in [1.29, 1.82) is 0 Å². The molecule has 1 aliphatic heterocycles. The zero-order valence-electron chi connectivity index (χ0n) is 9.09. The molecule has 92 valence electrons. The van der Waals surface area contributed by atoms with Crippen LogP contribution in [0.4, 0.5) is 4.39 Å². The lowest BCUT2D eigenvalue weighted by molar-refractivity contribution is 0.0945. The minimum Gasteiger partial charge on any atom is -0.352 e. The van der Waals surface area contributed by atoms with Gasteiger partial charge in [0.15, 0.2) is 0 Å². The smallest absolute Gasteiger partial charge is 0.254 e. The van der Waals surface area contributed by atoms with E-state index in [1.807, 2.05) is 0 Å². The van der Waals surface area contributed by atoms with Gasteiger partial charge < -0.3 is 5.32 Å². The molecule has 0 bridgehead atoms. The van der Waals surface area contributed by atoms with Crippen molar-refractivity contribution in [1.82, 2.24) is 16.2 Å². The fourth-order valence-electron chi connectivity index (χ4n) is 1.66. The number of carbonyl (C=O) groups excluding carboxylic acids is 1. The molecule has 0 spiro atoms. The fourth-order valence-corrected chi connectivity index (χ4v) is 1.99. The van der Waals surface area contributed by atoms with Gasteiger partial charge >= 0.3 is 0 Å². The zero-order valence-corrected chi connectivity index (χ0v) is 10.7. The Hall–Kier alpha value is -0.980. The van der Waals surface area contributed by atoms with Gasteiger partial charge in [-0.15, -0.1) is 0 Å². The summed E-state index contributed by atoms with van der Waals surface area (Å²) in [4.78, 5) is 11.7. The maximum atomic E-state index is 13.5. The largest absolute Gasteiger partial charge is 0.352 e. The number of amides is 1. The Labute approximate surface area is 107 Å². The Morgan fingerprint density at radius 2 is 2.18 bits per heavy atom. The fraction of sp³-hybridized carbons (Fsp3) is 0.364. The molecule has 1 fully saturated rings. The first-order valence-corrected chi connectivity index (χ1v) is 6.15. The highest BCUT2D eigenvalue weighted by Crippen LogP contribution is 2.15. The second-order valence-corrected chi connectivity index (χ2v) is 4.88. The molecule has 4 nitrogen and oxygen atoms in total. The van der Waals surface area contributed by atoms with Crippen molar-refractivity contribution in [2.75, 3.05) is 19.6 Å². The van der Waals surface area contributed by atoms with Gasteiger partial charge in [-0.05, 0) is 18.2 Å². The highest BCUT2D eigenvalue weighted by molar-refractivity contribution is 9.10. The van der Waals surface area contributed by atoms with Crippen molar-refractivity contribution in [2.45, 2.75) is 0 Å². The summed E-state index contributed by atoms with van der Waals surface area (Å²) in [6, 6.07) is 4.41. The molecule has 1 saturated heterocycles. The molecule has 3 N–H and O–H groups in total. The van der Waals surface area contributed by atoms with Crippen LogP contribution in [-0.2, 0) is 0 Å². The van der Waals surface area contributed by atoms with E-state index in [9.17, 15) is 9.18 Å². The van der Waals surface area contributed by atoms with Crippen molar-refractivity contribution in [3.05, 3.63) is 34.1 Å². The van der Waals surface area contributed by atoms with Crippen LogP contribution in [-0.4, -0.2) is 25.5 Å². The lowest BCUT2D eigenvalue weighted by Gasteiger charge is -2.10. The van der Waals surface area contributed by atoms with Gasteiger partial charge in [-0.25, -0.2) is 4.39 Å². The molecule has 0 saturated carbocycles. The molecule has 1 amide bonds. The molecule has 1 aliphatic rings. The van der Waals surface area contributed by atoms with Crippen molar-refractivity contribution >= 4 is 21.8 Å². The van der Waals surface area contributed by atoms with Crippen LogP contribution in [0.1, 0.15) is 10.4 Å². The van der Waals surface area contributed by atoms with Crippen LogP contribution in [0.25, 0.3) is 0 Å². The highest BCUT2D eigenvalue weighted by Gasteiger charge is 2.17. The van der Waals surface area contributed by atoms with Crippen LogP contribution in [0.15, 0.2) is 22.7 Å². The van der Waals surface area contributed by atoms with Gasteiger partial charge in [-0.1, -0.05) is 15.9 Å². The number of carbonyl (C=O) groups is 1. The molecule has 2 rings (SSSR count). The molecule has 0 aliphatic carbocycles. The first-order valence-electron chi connectivity index (χ1n) is 5.36. The van der Waals surface area contributed by atoms with Gasteiger partial charge in [0.1, 0.15) is 5.82 Å². The van der Waals surface area contributed by atoms with Crippen LogP contribution >= 0.6 is 15.9 Å². The second kappa shape index (κ2) is 5.57. The van der Waals surface area contributed by atoms with E-state index in [0.29, 0.717) is 16.9 Å². The van der Waals surface area contributed by atoms with Crippen LogP contribution < -0.4 is 16.2 Å². The zero-order chi connectivity index (χ0) is 12.3. The maximum absolute atomic E-state index is 13.5. The minimum atomic E-state index is -0.514. The Morgan fingerprint density at radius 1 is 1.47 bits per heavy atom. The number of nitrogens with one attached hydrogen (secondary N) is 3. The molecule has 0 aromatic heterocycles. The summed E-state index contributed by atoms with van der Waals surface area (Å²) in [5.74, 6) is -0.543. The van der Waals surface area contributed by atoms with Crippen molar-refractivity contribution in [2.24, 2.45) is 5.92 Å². The van der Waals surface area contributed by atoms with E-state index in [-0.39, 0.29) is 11.5 Å². The summed E-state index contributed by atoms with van der Waals surface area (Å²) in [7, 11) is 0. The Balaban J connectivity index is 1.94. The summed E-state index contributed by atoms with van der Waals surface area (Å²) in [5.41, 5.74) is 6.02. The summed E-state index contributed by atoms with van der Waals surface area (Å²) in [6.07, 6.45) is 0. The van der Waals surface area contributed by atoms with E-state index >= 15 is 0 Å². The maximum Gasteiger partial charge on any atom is 0.254 e. The van der Waals surface area contributed by atoms with Crippen LogP contribution in [0, 0.1) is 11.7 Å². The molecule has 1 aromatic carbocycles.